The van der Waals surface area contributed by atoms with Gasteiger partial charge in [-0.3, -0.25) is 0 Å². The molecule has 2 rings (SSSR count). The van der Waals surface area contributed by atoms with Crippen molar-refractivity contribution in [3.63, 3.8) is 0 Å². The standard InChI is InChI=1S/C15H15Cl3N2/c1-15(2,3)12-8-13(18)20-14(19-12)6-9-4-5-10(16)7-11(9)17/h4-5,7-8H,6H2,1-3H3. The Morgan fingerprint density at radius 2 is 1.70 bits per heavy atom. The van der Waals surface area contributed by atoms with Crippen LogP contribution >= 0.6 is 34.8 Å². The predicted molar refractivity (Wildman–Crippen MR) is 85.0 cm³/mol. The highest BCUT2D eigenvalue weighted by Gasteiger charge is 2.18. The van der Waals surface area contributed by atoms with Gasteiger partial charge in [0, 0.05) is 21.9 Å². The topological polar surface area (TPSA) is 25.8 Å². The van der Waals surface area contributed by atoms with Crippen LogP contribution in [0, 0.1) is 0 Å². The van der Waals surface area contributed by atoms with Gasteiger partial charge in [-0.2, -0.15) is 0 Å². The van der Waals surface area contributed by atoms with Crippen molar-refractivity contribution in [2.24, 2.45) is 0 Å². The predicted octanol–water partition coefficient (Wildman–Crippen LogP) is 5.33. The van der Waals surface area contributed by atoms with Crippen molar-refractivity contribution in [3.05, 3.63) is 56.5 Å². The Bertz CT molecular complexity index is 634. The zero-order chi connectivity index (χ0) is 14.9. The summed E-state index contributed by atoms with van der Waals surface area (Å²) in [5.41, 5.74) is 1.77. The van der Waals surface area contributed by atoms with E-state index in [2.05, 4.69) is 30.7 Å². The molecule has 0 aliphatic rings. The molecule has 0 N–H and O–H groups in total. The largest absolute Gasteiger partial charge is 0.237 e. The first-order valence-corrected chi connectivity index (χ1v) is 7.37. The molecule has 0 saturated heterocycles. The van der Waals surface area contributed by atoms with Gasteiger partial charge in [-0.15, -0.1) is 0 Å². The molecule has 106 valence electrons. The molecule has 1 heterocycles. The van der Waals surface area contributed by atoms with Gasteiger partial charge in [-0.25, -0.2) is 9.97 Å². The van der Waals surface area contributed by atoms with E-state index in [-0.39, 0.29) is 5.41 Å². The fraction of sp³-hybridized carbons (Fsp3) is 0.333. The van der Waals surface area contributed by atoms with Gasteiger partial charge >= 0.3 is 0 Å². The molecule has 0 bridgehead atoms. The molecular weight excluding hydrogens is 315 g/mol. The maximum atomic E-state index is 6.18. The normalized spacial score (nSPS) is 11.7. The maximum Gasteiger partial charge on any atom is 0.134 e. The van der Waals surface area contributed by atoms with E-state index < -0.39 is 0 Å². The fourth-order valence-electron chi connectivity index (χ4n) is 1.76. The van der Waals surface area contributed by atoms with Crippen molar-refractivity contribution in [2.75, 3.05) is 0 Å². The summed E-state index contributed by atoms with van der Waals surface area (Å²) in [5, 5.41) is 1.67. The molecule has 0 saturated carbocycles. The summed E-state index contributed by atoms with van der Waals surface area (Å²) in [6.45, 7) is 6.26. The van der Waals surface area contributed by atoms with Gasteiger partial charge in [0.25, 0.3) is 0 Å². The zero-order valence-electron chi connectivity index (χ0n) is 11.5. The average molecular weight is 330 g/mol. The lowest BCUT2D eigenvalue weighted by Crippen LogP contribution is -2.15. The summed E-state index contributed by atoms with van der Waals surface area (Å²) in [7, 11) is 0. The van der Waals surface area contributed by atoms with Gasteiger partial charge in [0.1, 0.15) is 11.0 Å². The molecule has 0 fully saturated rings. The van der Waals surface area contributed by atoms with Crippen LogP contribution < -0.4 is 0 Å². The molecule has 0 unspecified atom stereocenters. The van der Waals surface area contributed by atoms with E-state index in [0.717, 1.165) is 11.3 Å². The van der Waals surface area contributed by atoms with E-state index in [9.17, 15) is 0 Å². The van der Waals surface area contributed by atoms with Gasteiger partial charge in [0.05, 0.1) is 5.69 Å². The van der Waals surface area contributed by atoms with Gasteiger partial charge < -0.3 is 0 Å². The number of benzene rings is 1. The third kappa shape index (κ3) is 3.85. The van der Waals surface area contributed by atoms with Crippen LogP contribution in [-0.2, 0) is 11.8 Å². The van der Waals surface area contributed by atoms with Gasteiger partial charge in [0.15, 0.2) is 0 Å². The molecule has 2 nitrogen and oxygen atoms in total. The Balaban J connectivity index is 2.36. The highest BCUT2D eigenvalue weighted by atomic mass is 35.5. The first-order chi connectivity index (χ1) is 9.25. The third-order valence-electron chi connectivity index (χ3n) is 2.87. The second-order valence-corrected chi connectivity index (χ2v) is 6.89. The number of hydrogen-bond acceptors (Lipinski definition) is 2. The van der Waals surface area contributed by atoms with Crippen molar-refractivity contribution < 1.29 is 0 Å². The van der Waals surface area contributed by atoms with Crippen LogP contribution in [0.15, 0.2) is 24.3 Å². The molecule has 0 spiro atoms. The monoisotopic (exact) mass is 328 g/mol. The van der Waals surface area contributed by atoms with Crippen LogP contribution in [0.25, 0.3) is 0 Å². The van der Waals surface area contributed by atoms with E-state index in [1.807, 2.05) is 6.07 Å². The molecule has 2 aromatic rings. The molecule has 20 heavy (non-hydrogen) atoms. The lowest BCUT2D eigenvalue weighted by atomic mass is 9.92. The maximum absolute atomic E-state index is 6.18. The van der Waals surface area contributed by atoms with E-state index in [4.69, 9.17) is 34.8 Å². The minimum absolute atomic E-state index is 0.0783. The molecule has 5 heteroatoms. The summed E-state index contributed by atoms with van der Waals surface area (Å²) in [4.78, 5) is 8.85. The number of aromatic nitrogens is 2. The molecule has 0 radical (unpaired) electrons. The number of nitrogens with zero attached hydrogens (tertiary/aromatic N) is 2. The van der Waals surface area contributed by atoms with Gasteiger partial charge in [-0.05, 0) is 23.8 Å². The molecule has 1 aromatic heterocycles. The van der Waals surface area contributed by atoms with Crippen molar-refractivity contribution in [3.8, 4) is 0 Å². The van der Waals surface area contributed by atoms with Gasteiger partial charge in [0.2, 0.25) is 0 Å². The second-order valence-electron chi connectivity index (χ2n) is 5.65. The Morgan fingerprint density at radius 3 is 2.30 bits per heavy atom. The lowest BCUT2D eigenvalue weighted by molar-refractivity contribution is 0.563. The molecule has 0 aliphatic carbocycles. The van der Waals surface area contributed by atoms with Crippen LogP contribution in [0.2, 0.25) is 15.2 Å². The zero-order valence-corrected chi connectivity index (χ0v) is 13.8. The van der Waals surface area contributed by atoms with E-state index >= 15 is 0 Å². The number of rotatable bonds is 2. The van der Waals surface area contributed by atoms with E-state index in [0.29, 0.717) is 27.4 Å². The molecule has 0 atom stereocenters. The van der Waals surface area contributed by atoms with Crippen LogP contribution in [0.4, 0.5) is 0 Å². The minimum Gasteiger partial charge on any atom is -0.237 e. The Hall–Kier alpha value is -0.830. The average Bonchev–Trinajstić information content (AvgIpc) is 2.31. The summed E-state index contributed by atoms with van der Waals surface area (Å²) < 4.78 is 0. The van der Waals surface area contributed by atoms with Gasteiger partial charge in [-0.1, -0.05) is 61.6 Å². The Kier molecular flexibility index (Phi) is 4.58. The molecule has 1 aromatic carbocycles. The number of halogens is 3. The Morgan fingerprint density at radius 1 is 1.00 bits per heavy atom. The molecule has 0 amide bonds. The van der Waals surface area contributed by atoms with Crippen molar-refractivity contribution >= 4 is 34.8 Å². The quantitative estimate of drug-likeness (QED) is 0.696. The van der Waals surface area contributed by atoms with Crippen molar-refractivity contribution in [1.82, 2.24) is 9.97 Å². The van der Waals surface area contributed by atoms with Crippen molar-refractivity contribution in [2.45, 2.75) is 32.6 Å². The first kappa shape index (κ1) is 15.6. The minimum atomic E-state index is -0.0783. The number of hydrogen-bond donors (Lipinski definition) is 0. The highest BCUT2D eigenvalue weighted by Crippen LogP contribution is 2.25. The molecular formula is C15H15Cl3N2. The third-order valence-corrected chi connectivity index (χ3v) is 3.65. The van der Waals surface area contributed by atoms with E-state index in [1.165, 1.54) is 0 Å². The molecule has 0 aliphatic heterocycles. The highest BCUT2D eigenvalue weighted by molar-refractivity contribution is 6.35. The van der Waals surface area contributed by atoms with Crippen LogP contribution in [0.5, 0.6) is 0 Å². The van der Waals surface area contributed by atoms with Crippen LogP contribution in [-0.4, -0.2) is 9.97 Å². The smallest absolute Gasteiger partial charge is 0.134 e. The second kappa shape index (κ2) is 5.88. The lowest BCUT2D eigenvalue weighted by Gasteiger charge is -2.18. The Labute approximate surface area is 134 Å². The summed E-state index contributed by atoms with van der Waals surface area (Å²) in [6.07, 6.45) is 0.527. The summed E-state index contributed by atoms with van der Waals surface area (Å²) >= 11 is 18.2. The fourth-order valence-corrected chi connectivity index (χ4v) is 2.44. The first-order valence-electron chi connectivity index (χ1n) is 6.23. The van der Waals surface area contributed by atoms with Crippen LogP contribution in [0.1, 0.15) is 37.9 Å². The van der Waals surface area contributed by atoms with Crippen molar-refractivity contribution in [1.29, 1.82) is 0 Å². The van der Waals surface area contributed by atoms with E-state index in [1.54, 1.807) is 18.2 Å². The van der Waals surface area contributed by atoms with Crippen LogP contribution in [0.3, 0.4) is 0 Å². The SMILES string of the molecule is CC(C)(C)c1cc(Cl)nc(Cc2ccc(Cl)cc2Cl)n1. The summed E-state index contributed by atoms with van der Waals surface area (Å²) in [6, 6.07) is 7.20. The summed E-state index contributed by atoms with van der Waals surface area (Å²) in [5.74, 6) is 0.659.